The molecule has 2 fully saturated rings. The highest BCUT2D eigenvalue weighted by Gasteiger charge is 2.23. The zero-order valence-corrected chi connectivity index (χ0v) is 29.6. The number of aliphatic hydroxyl groups excluding tert-OH is 1. The van der Waals surface area contributed by atoms with E-state index in [1.54, 1.807) is 6.07 Å². The molecule has 3 aliphatic heterocycles. The molecule has 0 aromatic heterocycles. The highest BCUT2D eigenvalue weighted by atomic mass is 35.5. The van der Waals surface area contributed by atoms with Gasteiger partial charge in [0.1, 0.15) is 24.6 Å². The summed E-state index contributed by atoms with van der Waals surface area (Å²) in [7, 11) is 0. The molecular formula is C39H49ClN3O7+. The number of anilines is 1. The van der Waals surface area contributed by atoms with E-state index in [9.17, 15) is 9.90 Å². The number of unbranched alkanes of at least 4 members (excludes halogenated alkanes) is 3. The fraction of sp³-hybridized carbons (Fsp3) is 0.487. The first-order valence-electron chi connectivity index (χ1n) is 17.9. The van der Waals surface area contributed by atoms with Crippen molar-refractivity contribution in [1.82, 2.24) is 9.89 Å². The molecule has 1 amide bonds. The molecule has 2 aromatic rings. The highest BCUT2D eigenvalue weighted by Crippen LogP contribution is 2.42. The Bertz CT molecular complexity index is 1750. The first-order chi connectivity index (χ1) is 24.7. The number of halogens is 1. The summed E-state index contributed by atoms with van der Waals surface area (Å²) in [5.41, 5.74) is 5.74. The van der Waals surface area contributed by atoms with E-state index >= 15 is 0 Å². The number of hydrogen-bond acceptors (Lipinski definition) is 8. The number of morpholine rings is 2. The van der Waals surface area contributed by atoms with Crippen molar-refractivity contribution in [1.29, 1.82) is 0 Å². The molecule has 0 unspecified atom stereocenters. The molecule has 10 nitrogen and oxygen atoms in total. The lowest BCUT2D eigenvalue weighted by Crippen LogP contribution is -2.39. The molecule has 2 aromatic carbocycles. The largest absolute Gasteiger partial charge is 0.456 e. The van der Waals surface area contributed by atoms with Crippen LogP contribution in [0, 0.1) is 0 Å². The normalized spacial score (nSPS) is 15.2. The van der Waals surface area contributed by atoms with Crippen molar-refractivity contribution in [3.8, 4) is 22.5 Å². The lowest BCUT2D eigenvalue weighted by atomic mass is 9.90. The number of amides is 1. The Morgan fingerprint density at radius 3 is 2.40 bits per heavy atom. The van der Waals surface area contributed by atoms with E-state index in [4.69, 9.17) is 35.0 Å². The lowest BCUT2D eigenvalue weighted by molar-refractivity contribution is 0.0468. The summed E-state index contributed by atoms with van der Waals surface area (Å²) in [5, 5.41) is 15.6. The van der Waals surface area contributed by atoms with Crippen LogP contribution in [0.3, 0.4) is 0 Å². The van der Waals surface area contributed by atoms with Gasteiger partial charge in [0.25, 0.3) is 5.91 Å². The second-order valence-electron chi connectivity index (χ2n) is 12.7. The molecule has 0 bridgehead atoms. The summed E-state index contributed by atoms with van der Waals surface area (Å²) in [4.78, 5) is 15.4. The Morgan fingerprint density at radius 2 is 1.60 bits per heavy atom. The maximum Gasteiger partial charge on any atom is 0.251 e. The van der Waals surface area contributed by atoms with Gasteiger partial charge in [0.15, 0.2) is 13.1 Å². The van der Waals surface area contributed by atoms with Crippen molar-refractivity contribution < 1.29 is 33.3 Å². The van der Waals surface area contributed by atoms with E-state index < -0.39 is 0 Å². The first kappa shape index (κ1) is 36.3. The van der Waals surface area contributed by atoms with Gasteiger partial charge in [-0.05, 0) is 54.3 Å². The molecule has 0 saturated carbocycles. The Kier molecular flexibility index (Phi) is 13.5. The van der Waals surface area contributed by atoms with Gasteiger partial charge < -0.3 is 38.7 Å². The highest BCUT2D eigenvalue weighted by molar-refractivity contribution is 6.17. The van der Waals surface area contributed by atoms with Crippen LogP contribution in [0.1, 0.15) is 41.6 Å². The molecule has 2 saturated heterocycles. The number of alkyl halides is 1. The maximum atomic E-state index is 13.1. The van der Waals surface area contributed by atoms with Crippen molar-refractivity contribution >= 4 is 34.2 Å². The molecule has 268 valence electrons. The van der Waals surface area contributed by atoms with Crippen molar-refractivity contribution in [2.75, 3.05) is 96.4 Å². The monoisotopic (exact) mass is 706 g/mol. The minimum atomic E-state index is -0.223. The van der Waals surface area contributed by atoms with Gasteiger partial charge in [-0.1, -0.05) is 18.9 Å². The first-order valence-corrected chi connectivity index (χ1v) is 18.4. The smallest absolute Gasteiger partial charge is 0.251 e. The average molecular weight is 707 g/mol. The summed E-state index contributed by atoms with van der Waals surface area (Å²) in [6.45, 7) is 8.33. The minimum absolute atomic E-state index is 0.217. The third-order valence-corrected chi connectivity index (χ3v) is 9.59. The summed E-state index contributed by atoms with van der Waals surface area (Å²) >= 11 is 5.71. The lowest BCUT2D eigenvalue weighted by Gasteiger charge is -2.29. The number of carbonyl (C=O) groups is 1. The van der Waals surface area contributed by atoms with Crippen LogP contribution < -0.4 is 20.1 Å². The third-order valence-electron chi connectivity index (χ3n) is 9.32. The molecule has 11 heteroatoms. The molecule has 6 rings (SSSR count). The van der Waals surface area contributed by atoms with Crippen LogP contribution in [0.15, 0.2) is 59.0 Å². The van der Waals surface area contributed by atoms with Crippen LogP contribution in [-0.4, -0.2) is 102 Å². The van der Waals surface area contributed by atoms with Gasteiger partial charge >= 0.3 is 0 Å². The Balaban J connectivity index is 1.20. The topological polar surface area (TPSA) is 106 Å². The Labute approximate surface area is 298 Å². The van der Waals surface area contributed by atoms with Gasteiger partial charge in [0.05, 0.1) is 45.7 Å². The summed E-state index contributed by atoms with van der Waals surface area (Å²) in [6, 6.07) is 18.2. The standard InChI is InChI=1S/C39H48ClN3O7/c40-11-3-1-2-4-17-46-23-24-47-18-12-41-39(45)29-5-8-33(30(25-29)28-44)38-34-9-6-31(42-13-19-48-20-14-42)26-36(34)50-37-27-32(7-10-35(37)38)43-15-21-49-22-16-43/h5-10,25-27,44H,1-4,11-24,28H2/p+1. The van der Waals surface area contributed by atoms with E-state index in [1.165, 1.54) is 0 Å². The van der Waals surface area contributed by atoms with Gasteiger partial charge in [-0.3, -0.25) is 4.79 Å². The fourth-order valence-corrected chi connectivity index (χ4v) is 6.81. The van der Waals surface area contributed by atoms with Crippen LogP contribution in [-0.2, 0) is 25.6 Å². The number of fused-ring (bicyclic) bond motifs is 2. The predicted octanol–water partition coefficient (Wildman–Crippen LogP) is 4.90. The second kappa shape index (κ2) is 18.6. The number of benzene rings is 3. The zero-order valence-electron chi connectivity index (χ0n) is 28.8. The van der Waals surface area contributed by atoms with Crippen molar-refractivity contribution in [3.05, 3.63) is 71.1 Å². The van der Waals surface area contributed by atoms with Gasteiger partial charge in [0.2, 0.25) is 5.36 Å². The molecule has 0 radical (unpaired) electrons. The molecule has 2 N–H and O–H groups in total. The molecule has 4 aliphatic rings. The molecule has 1 aliphatic carbocycles. The second-order valence-corrected chi connectivity index (χ2v) is 13.0. The maximum absolute atomic E-state index is 13.1. The van der Waals surface area contributed by atoms with Gasteiger partial charge in [-0.2, -0.15) is 0 Å². The predicted molar refractivity (Wildman–Crippen MR) is 196 cm³/mol. The quantitative estimate of drug-likeness (QED) is 0.0735. The van der Waals surface area contributed by atoms with E-state index in [-0.39, 0.29) is 12.5 Å². The summed E-state index contributed by atoms with van der Waals surface area (Å²) in [6.07, 6.45) is 4.33. The van der Waals surface area contributed by atoms with Crippen LogP contribution in [0.5, 0.6) is 0 Å². The molecular weight excluding hydrogens is 658 g/mol. The van der Waals surface area contributed by atoms with Gasteiger partial charge in [0, 0.05) is 72.0 Å². The Hall–Kier alpha value is -3.51. The number of hydrogen-bond donors (Lipinski definition) is 2. The van der Waals surface area contributed by atoms with Crippen molar-refractivity contribution in [2.45, 2.75) is 32.3 Å². The molecule has 50 heavy (non-hydrogen) atoms. The summed E-state index contributed by atoms with van der Waals surface area (Å²) in [5.74, 6) is 1.26. The van der Waals surface area contributed by atoms with Crippen LogP contribution >= 0.6 is 11.6 Å². The van der Waals surface area contributed by atoms with E-state index in [0.29, 0.717) is 69.8 Å². The van der Waals surface area contributed by atoms with Crippen LogP contribution in [0.25, 0.3) is 33.4 Å². The van der Waals surface area contributed by atoms with E-state index in [0.717, 1.165) is 103 Å². The number of ether oxygens (including phenoxy) is 4. The fourth-order valence-electron chi connectivity index (χ4n) is 6.62. The summed E-state index contributed by atoms with van der Waals surface area (Å²) < 4.78 is 31.4. The number of rotatable bonds is 16. The third kappa shape index (κ3) is 9.23. The van der Waals surface area contributed by atoms with Gasteiger partial charge in [-0.25, -0.2) is 4.58 Å². The Morgan fingerprint density at radius 1 is 0.840 bits per heavy atom. The van der Waals surface area contributed by atoms with E-state index in [2.05, 4.69) is 51.2 Å². The van der Waals surface area contributed by atoms with Crippen LogP contribution in [0.4, 0.5) is 5.69 Å². The SMILES string of the molecule is O=C(NCCOCCOCCCCCCCl)c1ccc(-c2c3ccc(=[N+]4CCOCC4)cc-3oc3cc(N4CCOCC4)ccc23)c(CO)c1. The van der Waals surface area contributed by atoms with E-state index in [1.807, 2.05) is 12.1 Å². The van der Waals surface area contributed by atoms with Crippen molar-refractivity contribution in [3.63, 3.8) is 0 Å². The van der Waals surface area contributed by atoms with Crippen molar-refractivity contribution in [2.24, 2.45) is 0 Å². The minimum Gasteiger partial charge on any atom is -0.456 e. The number of nitrogens with zero attached hydrogens (tertiary/aromatic N) is 2. The van der Waals surface area contributed by atoms with Gasteiger partial charge in [-0.15, -0.1) is 11.6 Å². The number of nitrogens with one attached hydrogen (secondary N) is 1. The van der Waals surface area contributed by atoms with Crippen LogP contribution in [0.2, 0.25) is 0 Å². The number of aliphatic hydroxyl groups is 1. The zero-order chi connectivity index (χ0) is 34.5. The number of carbonyl (C=O) groups excluding carboxylic acids is 1. The molecule has 0 spiro atoms. The average Bonchev–Trinajstić information content (AvgIpc) is 3.17. The molecule has 3 heterocycles. The molecule has 0 atom stereocenters.